The average molecular weight is 227 g/mol. The van der Waals surface area contributed by atoms with E-state index in [0.717, 1.165) is 6.42 Å². The Hall–Kier alpha value is -1.06. The van der Waals surface area contributed by atoms with Crippen LogP contribution in [0.3, 0.4) is 0 Å². The summed E-state index contributed by atoms with van der Waals surface area (Å²) in [6.07, 6.45) is 4.86. The second-order valence-electron chi connectivity index (χ2n) is 4.83. The van der Waals surface area contributed by atoms with Gasteiger partial charge < -0.3 is 10.4 Å². The number of carboxylic acids is 1. The quantitative estimate of drug-likeness (QED) is 0.718. The first-order valence-electron chi connectivity index (χ1n) is 6.03. The number of amides is 1. The van der Waals surface area contributed by atoms with Crippen molar-refractivity contribution in [1.82, 2.24) is 5.32 Å². The molecule has 0 heterocycles. The molecule has 3 atom stereocenters. The molecule has 3 unspecified atom stereocenters. The molecule has 0 spiro atoms. The standard InChI is InChI=1S/C12H21NO3/c1-8-5-3-4-6-10(8)7-13-11(14)9(2)12(15)16/h8-10H,3-7H2,1-2H3,(H,13,14)(H,15,16). The maximum atomic E-state index is 11.4. The Labute approximate surface area is 96.4 Å². The fraction of sp³-hybridized carbons (Fsp3) is 0.833. The van der Waals surface area contributed by atoms with Gasteiger partial charge in [0.25, 0.3) is 0 Å². The lowest BCUT2D eigenvalue weighted by Gasteiger charge is -2.29. The van der Waals surface area contributed by atoms with Crippen LogP contribution in [0.2, 0.25) is 0 Å². The molecule has 2 N–H and O–H groups in total. The van der Waals surface area contributed by atoms with E-state index < -0.39 is 11.9 Å². The Balaban J connectivity index is 2.33. The van der Waals surface area contributed by atoms with E-state index in [1.165, 1.54) is 26.2 Å². The second kappa shape index (κ2) is 5.87. The zero-order valence-electron chi connectivity index (χ0n) is 10.0. The number of carbonyl (C=O) groups excluding carboxylic acids is 1. The van der Waals surface area contributed by atoms with Gasteiger partial charge in [0.15, 0.2) is 0 Å². The summed E-state index contributed by atoms with van der Waals surface area (Å²) in [5, 5.41) is 11.4. The fourth-order valence-electron chi connectivity index (χ4n) is 2.19. The molecule has 0 aromatic carbocycles. The smallest absolute Gasteiger partial charge is 0.315 e. The van der Waals surface area contributed by atoms with E-state index in [0.29, 0.717) is 18.4 Å². The van der Waals surface area contributed by atoms with E-state index in [2.05, 4.69) is 12.2 Å². The summed E-state index contributed by atoms with van der Waals surface area (Å²) in [7, 11) is 0. The van der Waals surface area contributed by atoms with Gasteiger partial charge in [0.05, 0.1) is 0 Å². The van der Waals surface area contributed by atoms with Gasteiger partial charge >= 0.3 is 5.97 Å². The maximum Gasteiger partial charge on any atom is 0.315 e. The Morgan fingerprint density at radius 3 is 2.56 bits per heavy atom. The summed E-state index contributed by atoms with van der Waals surface area (Å²) >= 11 is 0. The summed E-state index contributed by atoms with van der Waals surface area (Å²) in [4.78, 5) is 22.0. The van der Waals surface area contributed by atoms with Gasteiger partial charge in [-0.1, -0.05) is 26.2 Å². The van der Waals surface area contributed by atoms with E-state index in [1.54, 1.807) is 0 Å². The summed E-state index contributed by atoms with van der Waals surface area (Å²) < 4.78 is 0. The SMILES string of the molecule is CC(C(=O)O)C(=O)NCC1CCCCC1C. The number of rotatable bonds is 4. The molecule has 1 fully saturated rings. The van der Waals surface area contributed by atoms with Crippen molar-refractivity contribution in [2.24, 2.45) is 17.8 Å². The van der Waals surface area contributed by atoms with Crippen molar-refractivity contribution in [1.29, 1.82) is 0 Å². The van der Waals surface area contributed by atoms with Gasteiger partial charge in [0.1, 0.15) is 5.92 Å². The summed E-state index contributed by atoms with van der Waals surface area (Å²) in [5.74, 6) is -1.23. The molecule has 92 valence electrons. The van der Waals surface area contributed by atoms with Crippen molar-refractivity contribution in [2.45, 2.75) is 39.5 Å². The van der Waals surface area contributed by atoms with Crippen molar-refractivity contribution in [2.75, 3.05) is 6.54 Å². The minimum Gasteiger partial charge on any atom is -0.481 e. The minimum atomic E-state index is -1.06. The molecule has 0 bridgehead atoms. The summed E-state index contributed by atoms with van der Waals surface area (Å²) in [6, 6.07) is 0. The van der Waals surface area contributed by atoms with Gasteiger partial charge in [-0.15, -0.1) is 0 Å². The number of hydrogen-bond donors (Lipinski definition) is 2. The normalized spacial score (nSPS) is 27.1. The average Bonchev–Trinajstić information content (AvgIpc) is 2.26. The van der Waals surface area contributed by atoms with Crippen LogP contribution in [0.15, 0.2) is 0 Å². The monoisotopic (exact) mass is 227 g/mol. The first kappa shape index (κ1) is 13.0. The van der Waals surface area contributed by atoms with E-state index in [1.807, 2.05) is 0 Å². The first-order chi connectivity index (χ1) is 7.52. The van der Waals surface area contributed by atoms with Crippen LogP contribution < -0.4 is 5.32 Å². The maximum absolute atomic E-state index is 11.4. The lowest BCUT2D eigenvalue weighted by molar-refractivity contribution is -0.146. The molecule has 0 aromatic rings. The molecule has 0 radical (unpaired) electrons. The topological polar surface area (TPSA) is 66.4 Å². The van der Waals surface area contributed by atoms with Gasteiger partial charge in [0, 0.05) is 6.54 Å². The van der Waals surface area contributed by atoms with Crippen LogP contribution in [0.1, 0.15) is 39.5 Å². The number of carbonyl (C=O) groups is 2. The largest absolute Gasteiger partial charge is 0.481 e. The predicted octanol–water partition coefficient (Wildman–Crippen LogP) is 1.65. The molecule has 0 saturated heterocycles. The molecule has 0 aliphatic heterocycles. The Bertz CT molecular complexity index is 265. The minimum absolute atomic E-state index is 0.370. The predicted molar refractivity (Wildman–Crippen MR) is 60.9 cm³/mol. The van der Waals surface area contributed by atoms with E-state index in [-0.39, 0.29) is 5.91 Å². The first-order valence-corrected chi connectivity index (χ1v) is 6.03. The summed E-state index contributed by atoms with van der Waals surface area (Å²) in [5.41, 5.74) is 0. The molecular weight excluding hydrogens is 206 g/mol. The molecule has 1 rings (SSSR count). The van der Waals surface area contributed by atoms with Gasteiger partial charge in [-0.2, -0.15) is 0 Å². The highest BCUT2D eigenvalue weighted by molar-refractivity contribution is 5.96. The van der Waals surface area contributed by atoms with Crippen LogP contribution in [0, 0.1) is 17.8 Å². The molecular formula is C12H21NO3. The number of hydrogen-bond acceptors (Lipinski definition) is 2. The number of aliphatic carboxylic acids is 1. The number of carboxylic acid groups (broad SMARTS) is 1. The zero-order chi connectivity index (χ0) is 12.1. The van der Waals surface area contributed by atoms with Crippen molar-refractivity contribution in [3.05, 3.63) is 0 Å². The van der Waals surface area contributed by atoms with Crippen LogP contribution in [0.5, 0.6) is 0 Å². The highest BCUT2D eigenvalue weighted by Gasteiger charge is 2.24. The molecule has 0 aromatic heterocycles. The van der Waals surface area contributed by atoms with Crippen LogP contribution in [0.4, 0.5) is 0 Å². The summed E-state index contributed by atoms with van der Waals surface area (Å²) in [6.45, 7) is 4.25. The lowest BCUT2D eigenvalue weighted by Crippen LogP contribution is -2.38. The Morgan fingerprint density at radius 1 is 1.38 bits per heavy atom. The second-order valence-corrected chi connectivity index (χ2v) is 4.83. The van der Waals surface area contributed by atoms with Crippen LogP contribution in [-0.2, 0) is 9.59 Å². The van der Waals surface area contributed by atoms with Crippen LogP contribution in [-0.4, -0.2) is 23.5 Å². The fourth-order valence-corrected chi connectivity index (χ4v) is 2.19. The third kappa shape index (κ3) is 3.51. The molecule has 4 heteroatoms. The molecule has 1 aliphatic carbocycles. The third-order valence-corrected chi connectivity index (χ3v) is 3.59. The molecule has 1 saturated carbocycles. The number of nitrogens with one attached hydrogen (secondary N) is 1. The molecule has 1 aliphatic rings. The molecule has 16 heavy (non-hydrogen) atoms. The van der Waals surface area contributed by atoms with Gasteiger partial charge in [-0.05, 0) is 25.2 Å². The van der Waals surface area contributed by atoms with Crippen molar-refractivity contribution < 1.29 is 14.7 Å². The van der Waals surface area contributed by atoms with Gasteiger partial charge in [0.2, 0.25) is 5.91 Å². The molecule has 4 nitrogen and oxygen atoms in total. The van der Waals surface area contributed by atoms with Crippen molar-refractivity contribution in [3.63, 3.8) is 0 Å². The Morgan fingerprint density at radius 2 is 2.00 bits per heavy atom. The lowest BCUT2D eigenvalue weighted by atomic mass is 9.80. The van der Waals surface area contributed by atoms with Crippen LogP contribution >= 0.6 is 0 Å². The highest BCUT2D eigenvalue weighted by Crippen LogP contribution is 2.28. The van der Waals surface area contributed by atoms with Gasteiger partial charge in [-0.25, -0.2) is 0 Å². The van der Waals surface area contributed by atoms with E-state index in [4.69, 9.17) is 5.11 Å². The highest BCUT2D eigenvalue weighted by atomic mass is 16.4. The third-order valence-electron chi connectivity index (χ3n) is 3.59. The van der Waals surface area contributed by atoms with Gasteiger partial charge in [-0.3, -0.25) is 9.59 Å². The molecule has 1 amide bonds. The zero-order valence-corrected chi connectivity index (χ0v) is 10.0. The van der Waals surface area contributed by atoms with Crippen LogP contribution in [0.25, 0.3) is 0 Å². The Kier molecular flexibility index (Phi) is 4.77. The van der Waals surface area contributed by atoms with E-state index >= 15 is 0 Å². The van der Waals surface area contributed by atoms with Crippen molar-refractivity contribution >= 4 is 11.9 Å². The van der Waals surface area contributed by atoms with Crippen molar-refractivity contribution in [3.8, 4) is 0 Å². The van der Waals surface area contributed by atoms with E-state index in [9.17, 15) is 9.59 Å².